The van der Waals surface area contributed by atoms with Crippen LogP contribution in [-0.2, 0) is 0 Å². The van der Waals surface area contributed by atoms with Crippen molar-refractivity contribution in [3.05, 3.63) is 40.5 Å². The van der Waals surface area contributed by atoms with Crippen molar-refractivity contribution in [2.24, 2.45) is 5.92 Å². The Balaban J connectivity index is 2.63. The molecule has 0 aliphatic heterocycles. The van der Waals surface area contributed by atoms with Crippen molar-refractivity contribution in [1.82, 2.24) is 5.32 Å². The maximum Gasteiger partial charge on any atom is 0.0165 e. The van der Waals surface area contributed by atoms with Crippen molar-refractivity contribution in [1.29, 1.82) is 0 Å². The molecule has 94 valence electrons. The zero-order valence-electron chi connectivity index (χ0n) is 11.8. The van der Waals surface area contributed by atoms with Crippen LogP contribution < -0.4 is 5.32 Å². The first-order chi connectivity index (χ1) is 7.99. The number of nitrogens with one attached hydrogen (secondary N) is 1. The Hall–Kier alpha value is -1.08. The zero-order valence-corrected chi connectivity index (χ0v) is 11.8. The average molecular weight is 231 g/mol. The van der Waals surface area contributed by atoms with Gasteiger partial charge in [0, 0.05) is 6.54 Å². The first-order valence-corrected chi connectivity index (χ1v) is 6.44. The summed E-state index contributed by atoms with van der Waals surface area (Å²) in [5, 5.41) is 3.47. The van der Waals surface area contributed by atoms with E-state index in [1.54, 1.807) is 0 Å². The first kappa shape index (κ1) is 14.0. The summed E-state index contributed by atoms with van der Waals surface area (Å²) in [5.74, 6) is 0.712. The number of benzene rings is 1. The van der Waals surface area contributed by atoms with Gasteiger partial charge in [0.2, 0.25) is 0 Å². The van der Waals surface area contributed by atoms with Crippen LogP contribution in [0.15, 0.2) is 23.8 Å². The van der Waals surface area contributed by atoms with Crippen LogP contribution in [0.5, 0.6) is 0 Å². The summed E-state index contributed by atoms with van der Waals surface area (Å²) in [6, 6.07) is 6.61. The summed E-state index contributed by atoms with van der Waals surface area (Å²) in [6.45, 7) is 13.0. The van der Waals surface area contributed by atoms with E-state index in [0.717, 1.165) is 13.1 Å². The summed E-state index contributed by atoms with van der Waals surface area (Å²) in [4.78, 5) is 0. The number of hydrogen-bond acceptors (Lipinski definition) is 1. The third kappa shape index (κ3) is 5.18. The highest BCUT2D eigenvalue weighted by molar-refractivity contribution is 5.57. The maximum atomic E-state index is 3.47. The Labute approximate surface area is 106 Å². The second-order valence-corrected chi connectivity index (χ2v) is 5.38. The van der Waals surface area contributed by atoms with Crippen LogP contribution in [0.3, 0.4) is 0 Å². The Morgan fingerprint density at radius 1 is 1.29 bits per heavy atom. The van der Waals surface area contributed by atoms with Crippen LogP contribution in [0, 0.1) is 19.8 Å². The third-order valence-corrected chi connectivity index (χ3v) is 2.79. The molecular formula is C16H25N. The lowest BCUT2D eigenvalue weighted by atomic mass is 10.0. The molecule has 0 fully saturated rings. The van der Waals surface area contributed by atoms with E-state index in [4.69, 9.17) is 0 Å². The number of hydrogen-bond donors (Lipinski definition) is 1. The molecule has 1 heteroatoms. The fraction of sp³-hybridized carbons (Fsp3) is 0.500. The van der Waals surface area contributed by atoms with Gasteiger partial charge >= 0.3 is 0 Å². The second kappa shape index (κ2) is 6.61. The van der Waals surface area contributed by atoms with Gasteiger partial charge in [-0.3, -0.25) is 0 Å². The molecule has 0 bridgehead atoms. The fourth-order valence-electron chi connectivity index (χ4n) is 1.79. The minimum absolute atomic E-state index is 0.712. The van der Waals surface area contributed by atoms with Gasteiger partial charge in [-0.1, -0.05) is 49.3 Å². The molecule has 0 amide bonds. The lowest BCUT2D eigenvalue weighted by Gasteiger charge is -2.08. The second-order valence-electron chi connectivity index (χ2n) is 5.38. The lowest BCUT2D eigenvalue weighted by molar-refractivity contribution is 0.572. The Morgan fingerprint density at radius 3 is 2.65 bits per heavy atom. The van der Waals surface area contributed by atoms with Gasteiger partial charge in [-0.15, -0.1) is 0 Å². The molecule has 0 saturated heterocycles. The monoisotopic (exact) mass is 231 g/mol. The normalized spacial score (nSPS) is 12.2. The highest BCUT2D eigenvalue weighted by atomic mass is 14.8. The smallest absolute Gasteiger partial charge is 0.0165 e. The Bertz CT molecular complexity index is 389. The highest BCUT2D eigenvalue weighted by Gasteiger charge is 1.98. The van der Waals surface area contributed by atoms with Crippen molar-refractivity contribution >= 4 is 6.08 Å². The number of rotatable bonds is 5. The van der Waals surface area contributed by atoms with E-state index in [-0.39, 0.29) is 0 Å². The van der Waals surface area contributed by atoms with E-state index in [9.17, 15) is 0 Å². The van der Waals surface area contributed by atoms with E-state index in [1.165, 1.54) is 22.3 Å². The van der Waals surface area contributed by atoms with Crippen LogP contribution in [0.1, 0.15) is 37.5 Å². The molecule has 1 aromatic carbocycles. The summed E-state index contributed by atoms with van der Waals surface area (Å²) in [7, 11) is 0. The minimum atomic E-state index is 0.712. The van der Waals surface area contributed by atoms with Crippen molar-refractivity contribution in [3.63, 3.8) is 0 Å². The average Bonchev–Trinajstić information content (AvgIpc) is 2.23. The molecular weight excluding hydrogens is 206 g/mol. The molecule has 0 aliphatic carbocycles. The maximum absolute atomic E-state index is 3.47. The van der Waals surface area contributed by atoms with Crippen LogP contribution >= 0.6 is 0 Å². The van der Waals surface area contributed by atoms with E-state index in [1.807, 2.05) is 0 Å². The van der Waals surface area contributed by atoms with Gasteiger partial charge in [0.25, 0.3) is 0 Å². The van der Waals surface area contributed by atoms with Gasteiger partial charge in [-0.25, -0.2) is 0 Å². The molecule has 0 unspecified atom stereocenters. The fourth-order valence-corrected chi connectivity index (χ4v) is 1.79. The molecule has 0 aliphatic rings. The molecule has 0 radical (unpaired) electrons. The molecule has 0 atom stereocenters. The van der Waals surface area contributed by atoms with Gasteiger partial charge < -0.3 is 5.32 Å². The van der Waals surface area contributed by atoms with E-state index >= 15 is 0 Å². The molecule has 0 heterocycles. The predicted octanol–water partition coefficient (Wildman–Crippen LogP) is 3.95. The van der Waals surface area contributed by atoms with Crippen LogP contribution in [0.2, 0.25) is 0 Å². The summed E-state index contributed by atoms with van der Waals surface area (Å²) >= 11 is 0. The standard InChI is InChI=1S/C16H25N/c1-12(2)10-17-11-14(4)9-16-8-13(3)6-7-15(16)5/h6-9,12,17H,10-11H2,1-5H3. The topological polar surface area (TPSA) is 12.0 Å². The van der Waals surface area contributed by atoms with Gasteiger partial charge in [0.15, 0.2) is 0 Å². The van der Waals surface area contributed by atoms with Crippen LogP contribution in [0.4, 0.5) is 0 Å². The summed E-state index contributed by atoms with van der Waals surface area (Å²) < 4.78 is 0. The third-order valence-electron chi connectivity index (χ3n) is 2.79. The van der Waals surface area contributed by atoms with Crippen molar-refractivity contribution in [2.75, 3.05) is 13.1 Å². The molecule has 0 spiro atoms. The van der Waals surface area contributed by atoms with Gasteiger partial charge in [-0.2, -0.15) is 0 Å². The molecule has 0 saturated carbocycles. The molecule has 0 aromatic heterocycles. The summed E-state index contributed by atoms with van der Waals surface area (Å²) in [6.07, 6.45) is 2.29. The molecule has 1 rings (SSSR count). The van der Waals surface area contributed by atoms with Gasteiger partial charge in [-0.05, 0) is 44.4 Å². The minimum Gasteiger partial charge on any atom is -0.313 e. The largest absolute Gasteiger partial charge is 0.313 e. The molecule has 17 heavy (non-hydrogen) atoms. The molecule has 1 nitrogen and oxygen atoms in total. The van der Waals surface area contributed by atoms with E-state index in [2.05, 4.69) is 64.2 Å². The van der Waals surface area contributed by atoms with Crippen molar-refractivity contribution in [2.45, 2.75) is 34.6 Å². The summed E-state index contributed by atoms with van der Waals surface area (Å²) in [5.41, 5.74) is 5.40. The highest BCUT2D eigenvalue weighted by Crippen LogP contribution is 2.14. The first-order valence-electron chi connectivity index (χ1n) is 6.44. The van der Waals surface area contributed by atoms with Crippen molar-refractivity contribution in [3.8, 4) is 0 Å². The molecule has 1 N–H and O–H groups in total. The lowest BCUT2D eigenvalue weighted by Crippen LogP contribution is -2.21. The zero-order chi connectivity index (χ0) is 12.8. The van der Waals surface area contributed by atoms with Gasteiger partial charge in [0.1, 0.15) is 0 Å². The van der Waals surface area contributed by atoms with Crippen molar-refractivity contribution < 1.29 is 0 Å². The van der Waals surface area contributed by atoms with Gasteiger partial charge in [0.05, 0.1) is 0 Å². The van der Waals surface area contributed by atoms with Crippen LogP contribution in [0.25, 0.3) is 6.08 Å². The van der Waals surface area contributed by atoms with E-state index in [0.29, 0.717) is 5.92 Å². The van der Waals surface area contributed by atoms with E-state index < -0.39 is 0 Å². The quantitative estimate of drug-likeness (QED) is 0.809. The van der Waals surface area contributed by atoms with Crippen LogP contribution in [-0.4, -0.2) is 13.1 Å². The SMILES string of the molecule is CC(=Cc1cc(C)ccc1C)CNCC(C)C. The predicted molar refractivity (Wildman–Crippen MR) is 77.3 cm³/mol. The molecule has 1 aromatic rings. The number of aryl methyl sites for hydroxylation is 2. The Kier molecular flexibility index (Phi) is 5.43. The Morgan fingerprint density at radius 2 is 2.00 bits per heavy atom.